The summed E-state index contributed by atoms with van der Waals surface area (Å²) in [5, 5.41) is 32.5. The molecule has 4 N–H and O–H groups in total. The van der Waals surface area contributed by atoms with E-state index in [1.807, 2.05) is 6.07 Å². The van der Waals surface area contributed by atoms with Crippen LogP contribution in [-0.2, 0) is 4.74 Å². The summed E-state index contributed by atoms with van der Waals surface area (Å²) < 4.78 is 10.6. The number of benzene rings is 1. The zero-order chi connectivity index (χ0) is 15.7. The Kier molecular flexibility index (Phi) is 4.08. The Morgan fingerprint density at radius 2 is 2.09 bits per heavy atom. The van der Waals surface area contributed by atoms with Crippen molar-refractivity contribution in [3.63, 3.8) is 0 Å². The third kappa shape index (κ3) is 2.46. The fourth-order valence-corrected chi connectivity index (χ4v) is 2.49. The predicted octanol–water partition coefficient (Wildman–Crippen LogP) is -0.511. The van der Waals surface area contributed by atoms with Crippen molar-refractivity contribution in [2.75, 3.05) is 19.0 Å². The number of rotatable bonds is 4. The van der Waals surface area contributed by atoms with Gasteiger partial charge >= 0.3 is 0 Å². The molecule has 1 saturated heterocycles. The van der Waals surface area contributed by atoms with Crippen LogP contribution in [0.5, 0.6) is 5.75 Å². The van der Waals surface area contributed by atoms with E-state index >= 15 is 0 Å². The number of aliphatic hydroxyl groups is 3. The third-order valence-electron chi connectivity index (χ3n) is 3.67. The van der Waals surface area contributed by atoms with Crippen molar-refractivity contribution in [1.29, 1.82) is 0 Å². The molecule has 1 aromatic heterocycles. The SMILES string of the molecule is COc1cccc2c(NC3O[C@H](CO)C(O)C3O)ncnc12. The van der Waals surface area contributed by atoms with E-state index in [1.165, 1.54) is 6.33 Å². The van der Waals surface area contributed by atoms with Crippen LogP contribution in [-0.4, -0.2) is 63.5 Å². The Morgan fingerprint density at radius 1 is 1.27 bits per heavy atom. The smallest absolute Gasteiger partial charge is 0.158 e. The van der Waals surface area contributed by atoms with E-state index in [0.29, 0.717) is 22.5 Å². The standard InChI is InChI=1S/C14H17N3O5/c1-21-8-4-2-3-7-10(8)15-6-16-13(7)17-14-12(20)11(19)9(5-18)22-14/h2-4,6,9,11-12,14,18-20H,5H2,1H3,(H,15,16,17)/t9-,11?,12?,14?/m1/s1. The highest BCUT2D eigenvalue weighted by Crippen LogP contribution is 2.29. The van der Waals surface area contributed by atoms with Gasteiger partial charge in [-0.1, -0.05) is 6.07 Å². The molecule has 1 aromatic carbocycles. The van der Waals surface area contributed by atoms with Crippen molar-refractivity contribution in [1.82, 2.24) is 9.97 Å². The zero-order valence-electron chi connectivity index (χ0n) is 11.9. The van der Waals surface area contributed by atoms with E-state index < -0.39 is 24.5 Å². The van der Waals surface area contributed by atoms with Crippen molar-refractivity contribution in [2.24, 2.45) is 0 Å². The maximum Gasteiger partial charge on any atom is 0.158 e. The highest BCUT2D eigenvalue weighted by Gasteiger charge is 2.42. The minimum Gasteiger partial charge on any atom is -0.494 e. The minimum absolute atomic E-state index is 0.380. The molecular weight excluding hydrogens is 290 g/mol. The fraction of sp³-hybridized carbons (Fsp3) is 0.429. The molecule has 3 unspecified atom stereocenters. The van der Waals surface area contributed by atoms with E-state index in [0.717, 1.165) is 0 Å². The summed E-state index contributed by atoms with van der Waals surface area (Å²) in [7, 11) is 1.55. The topological polar surface area (TPSA) is 117 Å². The number of aromatic nitrogens is 2. The maximum atomic E-state index is 9.98. The Bertz CT molecular complexity index is 668. The summed E-state index contributed by atoms with van der Waals surface area (Å²) in [5.74, 6) is 1.04. The molecule has 2 heterocycles. The third-order valence-corrected chi connectivity index (χ3v) is 3.67. The number of nitrogens with one attached hydrogen (secondary N) is 1. The number of para-hydroxylation sites is 1. The highest BCUT2D eigenvalue weighted by atomic mass is 16.6. The van der Waals surface area contributed by atoms with Gasteiger partial charge in [-0.15, -0.1) is 0 Å². The molecule has 0 bridgehead atoms. The van der Waals surface area contributed by atoms with Gasteiger partial charge in [-0.05, 0) is 12.1 Å². The minimum atomic E-state index is -1.17. The number of nitrogens with zero attached hydrogens (tertiary/aromatic N) is 2. The van der Waals surface area contributed by atoms with E-state index in [2.05, 4.69) is 15.3 Å². The summed E-state index contributed by atoms with van der Waals surface area (Å²) in [5.41, 5.74) is 0.620. The second-order valence-electron chi connectivity index (χ2n) is 4.98. The largest absolute Gasteiger partial charge is 0.494 e. The number of fused-ring (bicyclic) bond motifs is 1. The van der Waals surface area contributed by atoms with Gasteiger partial charge in [-0.25, -0.2) is 9.97 Å². The first-order valence-corrected chi connectivity index (χ1v) is 6.82. The lowest BCUT2D eigenvalue weighted by Crippen LogP contribution is -2.36. The number of aliphatic hydroxyl groups excluding tert-OH is 3. The average Bonchev–Trinajstić information content (AvgIpc) is 2.82. The van der Waals surface area contributed by atoms with Crippen molar-refractivity contribution in [3.8, 4) is 5.75 Å². The van der Waals surface area contributed by atoms with Crippen LogP contribution in [0.2, 0.25) is 0 Å². The Hall–Kier alpha value is -2.00. The van der Waals surface area contributed by atoms with E-state index in [-0.39, 0.29) is 6.61 Å². The molecule has 8 nitrogen and oxygen atoms in total. The van der Waals surface area contributed by atoms with Gasteiger partial charge in [0.05, 0.1) is 13.7 Å². The summed E-state index contributed by atoms with van der Waals surface area (Å²) in [4.78, 5) is 8.33. The van der Waals surface area contributed by atoms with Crippen LogP contribution in [0.25, 0.3) is 10.9 Å². The lowest BCUT2D eigenvalue weighted by atomic mass is 10.1. The number of ether oxygens (including phenoxy) is 2. The molecule has 2 aromatic rings. The van der Waals surface area contributed by atoms with Crippen LogP contribution in [0, 0.1) is 0 Å². The van der Waals surface area contributed by atoms with E-state index in [1.54, 1.807) is 19.2 Å². The number of methoxy groups -OCH3 is 1. The molecule has 0 aliphatic carbocycles. The Labute approximate surface area is 126 Å². The zero-order valence-corrected chi connectivity index (χ0v) is 11.9. The summed E-state index contributed by atoms with van der Waals surface area (Å²) in [6.07, 6.45) is -2.68. The van der Waals surface area contributed by atoms with Crippen LogP contribution >= 0.6 is 0 Å². The van der Waals surface area contributed by atoms with Crippen LogP contribution in [0.4, 0.5) is 5.82 Å². The molecule has 4 atom stereocenters. The molecule has 22 heavy (non-hydrogen) atoms. The Balaban J connectivity index is 1.92. The van der Waals surface area contributed by atoms with Crippen LogP contribution in [0.15, 0.2) is 24.5 Å². The van der Waals surface area contributed by atoms with Gasteiger partial charge in [0.2, 0.25) is 0 Å². The molecule has 1 fully saturated rings. The first-order chi connectivity index (χ1) is 10.7. The van der Waals surface area contributed by atoms with Gasteiger partial charge in [0.25, 0.3) is 0 Å². The summed E-state index contributed by atoms with van der Waals surface area (Å²) in [6, 6.07) is 5.39. The van der Waals surface area contributed by atoms with Gasteiger partial charge in [-0.2, -0.15) is 0 Å². The van der Waals surface area contributed by atoms with Crippen molar-refractivity contribution in [3.05, 3.63) is 24.5 Å². The number of hydrogen-bond acceptors (Lipinski definition) is 8. The normalized spacial score (nSPS) is 28.0. The van der Waals surface area contributed by atoms with Crippen molar-refractivity contribution >= 4 is 16.7 Å². The maximum absolute atomic E-state index is 9.98. The first kappa shape index (κ1) is 14.9. The van der Waals surface area contributed by atoms with Gasteiger partial charge in [0, 0.05) is 5.39 Å². The van der Waals surface area contributed by atoms with E-state index in [4.69, 9.17) is 14.6 Å². The molecule has 3 rings (SSSR count). The quantitative estimate of drug-likeness (QED) is 0.597. The van der Waals surface area contributed by atoms with Crippen molar-refractivity contribution < 1.29 is 24.8 Å². The van der Waals surface area contributed by atoms with Crippen LogP contribution < -0.4 is 10.1 Å². The molecule has 118 valence electrons. The molecular formula is C14H17N3O5. The number of hydrogen-bond donors (Lipinski definition) is 4. The lowest BCUT2D eigenvalue weighted by molar-refractivity contribution is -0.0153. The van der Waals surface area contributed by atoms with Gasteiger partial charge in [0.1, 0.15) is 41.7 Å². The van der Waals surface area contributed by atoms with E-state index in [9.17, 15) is 10.2 Å². The summed E-state index contributed by atoms with van der Waals surface area (Å²) in [6.45, 7) is -0.380. The highest BCUT2D eigenvalue weighted by molar-refractivity contribution is 5.92. The molecule has 0 radical (unpaired) electrons. The predicted molar refractivity (Wildman–Crippen MR) is 77.5 cm³/mol. The van der Waals surface area contributed by atoms with Gasteiger partial charge in [-0.3, -0.25) is 0 Å². The molecule has 8 heteroatoms. The van der Waals surface area contributed by atoms with Crippen molar-refractivity contribution in [2.45, 2.75) is 24.5 Å². The molecule has 1 aliphatic rings. The summed E-state index contributed by atoms with van der Waals surface area (Å²) >= 11 is 0. The van der Waals surface area contributed by atoms with Gasteiger partial charge < -0.3 is 30.1 Å². The average molecular weight is 307 g/mol. The molecule has 0 spiro atoms. The molecule has 1 aliphatic heterocycles. The molecule has 0 amide bonds. The van der Waals surface area contributed by atoms with Crippen LogP contribution in [0.3, 0.4) is 0 Å². The molecule has 0 saturated carbocycles. The fourth-order valence-electron chi connectivity index (χ4n) is 2.49. The second kappa shape index (κ2) is 6.01. The lowest BCUT2D eigenvalue weighted by Gasteiger charge is -2.18. The monoisotopic (exact) mass is 307 g/mol. The first-order valence-electron chi connectivity index (χ1n) is 6.82. The number of anilines is 1. The Morgan fingerprint density at radius 3 is 2.77 bits per heavy atom. The second-order valence-corrected chi connectivity index (χ2v) is 4.98. The van der Waals surface area contributed by atoms with Gasteiger partial charge in [0.15, 0.2) is 6.23 Å². The van der Waals surface area contributed by atoms with Crippen LogP contribution in [0.1, 0.15) is 0 Å².